The molecule has 2 aliphatic carbocycles. The van der Waals surface area contributed by atoms with Crippen molar-refractivity contribution in [2.75, 3.05) is 5.73 Å². The van der Waals surface area contributed by atoms with Gasteiger partial charge in [0.05, 0.1) is 6.04 Å². The van der Waals surface area contributed by atoms with Crippen molar-refractivity contribution in [1.29, 1.82) is 0 Å². The second-order valence-electron chi connectivity index (χ2n) is 6.65. The first-order valence-electron chi connectivity index (χ1n) is 7.86. The minimum atomic E-state index is 0.353. The highest BCUT2D eigenvalue weighted by Crippen LogP contribution is 2.52. The third-order valence-electron chi connectivity index (χ3n) is 5.44. The van der Waals surface area contributed by atoms with Crippen LogP contribution in [0.4, 0.5) is 5.69 Å². The van der Waals surface area contributed by atoms with Gasteiger partial charge in [-0.05, 0) is 66.5 Å². The standard InChI is InChI=1S/C16H21N5/c1-10(15-8-11-5-6-12(15)7-11)21-16(18-19-20-21)13-3-2-4-14(17)9-13/h2-4,9-12,15H,5-8,17H2,1H3. The van der Waals surface area contributed by atoms with Crippen molar-refractivity contribution < 1.29 is 0 Å². The van der Waals surface area contributed by atoms with Gasteiger partial charge in [-0.2, -0.15) is 0 Å². The fourth-order valence-corrected chi connectivity index (χ4v) is 4.40. The predicted molar refractivity (Wildman–Crippen MR) is 81.3 cm³/mol. The Morgan fingerprint density at radius 2 is 2.19 bits per heavy atom. The van der Waals surface area contributed by atoms with E-state index in [1.54, 1.807) is 0 Å². The number of tetrazole rings is 1. The molecule has 0 saturated heterocycles. The van der Waals surface area contributed by atoms with E-state index in [2.05, 4.69) is 22.4 Å². The maximum absolute atomic E-state index is 5.88. The molecule has 1 heterocycles. The SMILES string of the molecule is CC(C1CC2CCC1C2)n1nnnc1-c1cccc(N)c1. The highest BCUT2D eigenvalue weighted by Gasteiger charge is 2.43. The largest absolute Gasteiger partial charge is 0.399 e. The molecular weight excluding hydrogens is 262 g/mol. The summed E-state index contributed by atoms with van der Waals surface area (Å²) >= 11 is 0. The number of nitrogens with two attached hydrogens (primary N) is 1. The number of fused-ring (bicyclic) bond motifs is 2. The topological polar surface area (TPSA) is 69.6 Å². The minimum Gasteiger partial charge on any atom is -0.399 e. The molecule has 2 saturated carbocycles. The smallest absolute Gasteiger partial charge is 0.182 e. The predicted octanol–water partition coefficient (Wildman–Crippen LogP) is 2.92. The summed E-state index contributed by atoms with van der Waals surface area (Å²) in [6.07, 6.45) is 5.55. The summed E-state index contributed by atoms with van der Waals surface area (Å²) in [6, 6.07) is 8.15. The van der Waals surface area contributed by atoms with Crippen LogP contribution in [0.1, 0.15) is 38.6 Å². The van der Waals surface area contributed by atoms with E-state index in [-0.39, 0.29) is 0 Å². The number of hydrogen-bond donors (Lipinski definition) is 1. The van der Waals surface area contributed by atoms with Crippen molar-refractivity contribution in [2.24, 2.45) is 17.8 Å². The molecule has 4 unspecified atom stereocenters. The van der Waals surface area contributed by atoms with Gasteiger partial charge in [-0.1, -0.05) is 18.6 Å². The van der Waals surface area contributed by atoms with E-state index < -0.39 is 0 Å². The molecule has 2 fully saturated rings. The molecule has 1 aromatic carbocycles. The third-order valence-corrected chi connectivity index (χ3v) is 5.44. The Morgan fingerprint density at radius 1 is 1.29 bits per heavy atom. The molecule has 5 heteroatoms. The minimum absolute atomic E-state index is 0.353. The van der Waals surface area contributed by atoms with E-state index in [0.717, 1.165) is 28.9 Å². The van der Waals surface area contributed by atoms with Crippen molar-refractivity contribution >= 4 is 5.69 Å². The van der Waals surface area contributed by atoms with E-state index >= 15 is 0 Å². The lowest BCUT2D eigenvalue weighted by Gasteiger charge is -2.28. The van der Waals surface area contributed by atoms with Gasteiger partial charge in [-0.25, -0.2) is 4.68 Å². The van der Waals surface area contributed by atoms with Gasteiger partial charge in [0.25, 0.3) is 0 Å². The summed E-state index contributed by atoms with van der Waals surface area (Å²) < 4.78 is 2.00. The lowest BCUT2D eigenvalue weighted by atomic mass is 9.84. The highest BCUT2D eigenvalue weighted by molar-refractivity contribution is 5.60. The summed E-state index contributed by atoms with van der Waals surface area (Å²) in [6.45, 7) is 2.26. The number of hydrogen-bond acceptors (Lipinski definition) is 4. The second-order valence-corrected chi connectivity index (χ2v) is 6.65. The van der Waals surface area contributed by atoms with Crippen LogP contribution in [0.15, 0.2) is 24.3 Å². The van der Waals surface area contributed by atoms with E-state index in [0.29, 0.717) is 12.0 Å². The van der Waals surface area contributed by atoms with Crippen LogP contribution in [0, 0.1) is 17.8 Å². The molecule has 2 N–H and O–H groups in total. The fourth-order valence-electron chi connectivity index (χ4n) is 4.40. The zero-order chi connectivity index (χ0) is 14.4. The Labute approximate surface area is 124 Å². The molecule has 0 spiro atoms. The number of nitrogen functional groups attached to an aromatic ring is 1. The molecule has 2 bridgehead atoms. The number of benzene rings is 1. The van der Waals surface area contributed by atoms with Gasteiger partial charge in [-0.3, -0.25) is 0 Å². The maximum Gasteiger partial charge on any atom is 0.182 e. The average Bonchev–Trinajstić information content (AvgIpc) is 3.22. The summed E-state index contributed by atoms with van der Waals surface area (Å²) in [5.41, 5.74) is 7.62. The number of nitrogens with zero attached hydrogens (tertiary/aromatic N) is 4. The first-order valence-corrected chi connectivity index (χ1v) is 7.86. The van der Waals surface area contributed by atoms with Crippen molar-refractivity contribution in [3.8, 4) is 11.4 Å². The lowest BCUT2D eigenvalue weighted by molar-refractivity contribution is 0.229. The Morgan fingerprint density at radius 3 is 2.90 bits per heavy atom. The van der Waals surface area contributed by atoms with E-state index in [9.17, 15) is 0 Å². The molecular formula is C16H21N5. The van der Waals surface area contributed by atoms with Crippen LogP contribution in [0.25, 0.3) is 11.4 Å². The van der Waals surface area contributed by atoms with Crippen LogP contribution in [-0.4, -0.2) is 20.2 Å². The van der Waals surface area contributed by atoms with Crippen LogP contribution >= 0.6 is 0 Å². The summed E-state index contributed by atoms with van der Waals surface area (Å²) in [4.78, 5) is 0. The van der Waals surface area contributed by atoms with Gasteiger partial charge >= 0.3 is 0 Å². The normalized spacial score (nSPS) is 28.9. The Hall–Kier alpha value is -1.91. The second kappa shape index (κ2) is 4.83. The Kier molecular flexibility index (Phi) is 2.94. The summed E-state index contributed by atoms with van der Waals surface area (Å²) in [5, 5.41) is 12.4. The number of aromatic nitrogens is 4. The zero-order valence-electron chi connectivity index (χ0n) is 12.3. The zero-order valence-corrected chi connectivity index (χ0v) is 12.3. The molecule has 4 atom stereocenters. The first-order chi connectivity index (χ1) is 10.2. The highest BCUT2D eigenvalue weighted by atomic mass is 15.5. The fraction of sp³-hybridized carbons (Fsp3) is 0.562. The van der Waals surface area contributed by atoms with Crippen LogP contribution in [0.2, 0.25) is 0 Å². The van der Waals surface area contributed by atoms with E-state index in [1.807, 2.05) is 28.9 Å². The molecule has 2 aromatic rings. The van der Waals surface area contributed by atoms with Gasteiger partial charge in [0.2, 0.25) is 0 Å². The van der Waals surface area contributed by atoms with Gasteiger partial charge in [-0.15, -0.1) is 5.10 Å². The molecule has 0 radical (unpaired) electrons. The number of rotatable bonds is 3. The molecule has 21 heavy (non-hydrogen) atoms. The summed E-state index contributed by atoms with van der Waals surface area (Å²) in [7, 11) is 0. The van der Waals surface area contributed by atoms with Crippen LogP contribution in [0.3, 0.4) is 0 Å². The molecule has 0 amide bonds. The quantitative estimate of drug-likeness (QED) is 0.879. The van der Waals surface area contributed by atoms with Gasteiger partial charge in [0, 0.05) is 11.3 Å². The molecule has 0 aliphatic heterocycles. The maximum atomic E-state index is 5.88. The molecule has 5 nitrogen and oxygen atoms in total. The van der Waals surface area contributed by atoms with Crippen molar-refractivity contribution in [2.45, 2.75) is 38.6 Å². The average molecular weight is 283 g/mol. The van der Waals surface area contributed by atoms with E-state index in [1.165, 1.54) is 25.7 Å². The van der Waals surface area contributed by atoms with Gasteiger partial charge < -0.3 is 5.73 Å². The van der Waals surface area contributed by atoms with Crippen molar-refractivity contribution in [3.05, 3.63) is 24.3 Å². The summed E-state index contributed by atoms with van der Waals surface area (Å²) in [5.74, 6) is 3.35. The third kappa shape index (κ3) is 2.11. The Balaban J connectivity index is 1.66. The van der Waals surface area contributed by atoms with Crippen molar-refractivity contribution in [1.82, 2.24) is 20.2 Å². The molecule has 4 rings (SSSR count). The molecule has 2 aliphatic rings. The molecule has 1 aromatic heterocycles. The van der Waals surface area contributed by atoms with Crippen LogP contribution in [-0.2, 0) is 0 Å². The van der Waals surface area contributed by atoms with Gasteiger partial charge in [0.15, 0.2) is 5.82 Å². The molecule has 110 valence electrons. The lowest BCUT2D eigenvalue weighted by Crippen LogP contribution is -2.23. The van der Waals surface area contributed by atoms with Gasteiger partial charge in [0.1, 0.15) is 0 Å². The first kappa shape index (κ1) is 12.8. The van der Waals surface area contributed by atoms with Crippen molar-refractivity contribution in [3.63, 3.8) is 0 Å². The Bertz CT molecular complexity index is 650. The van der Waals surface area contributed by atoms with E-state index in [4.69, 9.17) is 5.73 Å². The number of anilines is 1. The van der Waals surface area contributed by atoms with Crippen LogP contribution < -0.4 is 5.73 Å². The monoisotopic (exact) mass is 283 g/mol. The van der Waals surface area contributed by atoms with Crippen LogP contribution in [0.5, 0.6) is 0 Å².